The van der Waals surface area contributed by atoms with E-state index in [-0.39, 0.29) is 17.3 Å². The number of nitrogens with zero attached hydrogens (tertiary/aromatic N) is 1. The van der Waals surface area contributed by atoms with Crippen molar-refractivity contribution in [3.05, 3.63) is 28.7 Å². The van der Waals surface area contributed by atoms with Crippen molar-refractivity contribution >= 4 is 5.69 Å². The van der Waals surface area contributed by atoms with Gasteiger partial charge >= 0.3 is 0 Å². The molecule has 0 spiro atoms. The smallest absolute Gasteiger partial charge is 0.274 e. The molecular weight excluding hydrogens is 159 g/mol. The zero-order chi connectivity index (χ0) is 8.72. The predicted molar refractivity (Wildman–Crippen MR) is 43.7 cm³/mol. The summed E-state index contributed by atoms with van der Waals surface area (Å²) in [6, 6.07) is 2.90. The van der Waals surface area contributed by atoms with Crippen LogP contribution in [-0.2, 0) is 0 Å². The van der Waals surface area contributed by atoms with Crippen LogP contribution >= 0.6 is 0 Å². The average Bonchev–Trinajstić information content (AvgIpc) is 2.73. The Morgan fingerprint density at radius 2 is 2.33 bits per heavy atom. The Bertz CT molecular complexity index is 360. The molecule has 0 unspecified atom stereocenters. The number of halogens is 1. The molecule has 3 nitrogen and oxygen atoms in total. The van der Waals surface area contributed by atoms with Gasteiger partial charge in [-0.1, -0.05) is 0 Å². The van der Waals surface area contributed by atoms with Gasteiger partial charge in [0.2, 0.25) is 0 Å². The summed E-state index contributed by atoms with van der Waals surface area (Å²) in [6.07, 6.45) is 1.14. The molecule has 1 aromatic rings. The van der Waals surface area contributed by atoms with E-state index in [1.54, 1.807) is 12.3 Å². The molecule has 0 saturated heterocycles. The number of rotatable bonds is 1. The van der Waals surface area contributed by atoms with Crippen LogP contribution in [0, 0.1) is 0 Å². The van der Waals surface area contributed by atoms with E-state index in [2.05, 4.69) is 0 Å². The molecule has 1 heterocycles. The van der Waals surface area contributed by atoms with Gasteiger partial charge in [-0.25, -0.2) is 4.39 Å². The summed E-state index contributed by atoms with van der Waals surface area (Å²) < 4.78 is 13.9. The Kier molecular flexibility index (Phi) is 1.43. The van der Waals surface area contributed by atoms with E-state index in [1.165, 1.54) is 10.6 Å². The summed E-state index contributed by atoms with van der Waals surface area (Å²) in [7, 11) is 0. The lowest BCUT2D eigenvalue weighted by Gasteiger charge is -2.02. The fourth-order valence-electron chi connectivity index (χ4n) is 1.23. The van der Waals surface area contributed by atoms with Crippen molar-refractivity contribution in [3.8, 4) is 0 Å². The molecule has 0 bridgehead atoms. The van der Waals surface area contributed by atoms with Crippen LogP contribution in [0.5, 0.6) is 0 Å². The third-order valence-corrected chi connectivity index (χ3v) is 2.04. The molecule has 4 heteroatoms. The minimum Gasteiger partial charge on any atom is -0.394 e. The Labute approximate surface area is 68.6 Å². The molecule has 0 amide bonds. The molecule has 2 N–H and O–H groups in total. The second-order valence-electron chi connectivity index (χ2n) is 2.99. The summed E-state index contributed by atoms with van der Waals surface area (Å²) in [4.78, 5) is 11.3. The SMILES string of the molecule is Nc1cccn([C@@H]2C[C@H]2F)c1=O. The van der Waals surface area contributed by atoms with Gasteiger partial charge in [0.15, 0.2) is 0 Å². The average molecular weight is 168 g/mol. The highest BCUT2D eigenvalue weighted by Crippen LogP contribution is 2.37. The monoisotopic (exact) mass is 168 g/mol. The summed E-state index contributed by atoms with van der Waals surface area (Å²) in [5.41, 5.74) is 5.26. The highest BCUT2D eigenvalue weighted by molar-refractivity contribution is 5.34. The Balaban J connectivity index is 2.45. The minimum atomic E-state index is -0.871. The highest BCUT2D eigenvalue weighted by Gasteiger charge is 2.39. The lowest BCUT2D eigenvalue weighted by Crippen LogP contribution is -2.21. The normalized spacial score (nSPS) is 27.1. The van der Waals surface area contributed by atoms with Gasteiger partial charge in [0, 0.05) is 12.6 Å². The van der Waals surface area contributed by atoms with Gasteiger partial charge in [0.1, 0.15) is 6.17 Å². The van der Waals surface area contributed by atoms with Crippen LogP contribution in [0.25, 0.3) is 0 Å². The fraction of sp³-hybridized carbons (Fsp3) is 0.375. The minimum absolute atomic E-state index is 0.177. The quantitative estimate of drug-likeness (QED) is 0.671. The van der Waals surface area contributed by atoms with Gasteiger partial charge in [0.05, 0.1) is 11.7 Å². The van der Waals surface area contributed by atoms with E-state index < -0.39 is 6.17 Å². The van der Waals surface area contributed by atoms with Crippen LogP contribution in [0.15, 0.2) is 23.1 Å². The maximum Gasteiger partial charge on any atom is 0.274 e. The summed E-state index contributed by atoms with van der Waals surface area (Å²) >= 11 is 0. The van der Waals surface area contributed by atoms with Gasteiger partial charge < -0.3 is 10.3 Å². The predicted octanol–water partition coefficient (Wildman–Crippen LogP) is 0.713. The third-order valence-electron chi connectivity index (χ3n) is 2.04. The first kappa shape index (κ1) is 7.34. The van der Waals surface area contributed by atoms with Crippen LogP contribution < -0.4 is 11.3 Å². The molecule has 0 radical (unpaired) electrons. The number of hydrogen-bond donors (Lipinski definition) is 1. The van der Waals surface area contributed by atoms with Crippen molar-refractivity contribution in [2.45, 2.75) is 18.6 Å². The molecule has 0 aliphatic heterocycles. The van der Waals surface area contributed by atoms with Gasteiger partial charge in [-0.15, -0.1) is 0 Å². The van der Waals surface area contributed by atoms with Crippen molar-refractivity contribution in [2.75, 3.05) is 5.73 Å². The van der Waals surface area contributed by atoms with Crippen LogP contribution in [0.2, 0.25) is 0 Å². The molecule has 64 valence electrons. The first-order chi connectivity index (χ1) is 5.70. The Hall–Kier alpha value is -1.32. The molecule has 2 rings (SSSR count). The third kappa shape index (κ3) is 0.995. The Morgan fingerprint density at radius 1 is 1.67 bits per heavy atom. The molecule has 1 aromatic heterocycles. The first-order valence-electron chi connectivity index (χ1n) is 3.81. The second-order valence-corrected chi connectivity index (χ2v) is 2.99. The van der Waals surface area contributed by atoms with Crippen LogP contribution in [0.3, 0.4) is 0 Å². The first-order valence-corrected chi connectivity index (χ1v) is 3.81. The zero-order valence-electron chi connectivity index (χ0n) is 6.40. The number of hydrogen-bond acceptors (Lipinski definition) is 2. The van der Waals surface area contributed by atoms with Crippen LogP contribution in [0.4, 0.5) is 10.1 Å². The number of aromatic nitrogens is 1. The van der Waals surface area contributed by atoms with E-state index in [0.29, 0.717) is 6.42 Å². The van der Waals surface area contributed by atoms with E-state index in [4.69, 9.17) is 5.73 Å². The number of pyridine rings is 1. The van der Waals surface area contributed by atoms with Crippen molar-refractivity contribution in [3.63, 3.8) is 0 Å². The van der Waals surface area contributed by atoms with Crippen molar-refractivity contribution in [2.24, 2.45) is 0 Å². The fourth-order valence-corrected chi connectivity index (χ4v) is 1.23. The molecule has 1 saturated carbocycles. The number of anilines is 1. The van der Waals surface area contributed by atoms with Crippen molar-refractivity contribution in [1.82, 2.24) is 4.57 Å². The number of alkyl halides is 1. The van der Waals surface area contributed by atoms with Crippen LogP contribution in [0.1, 0.15) is 12.5 Å². The molecular formula is C8H9FN2O. The maximum atomic E-state index is 12.6. The van der Waals surface area contributed by atoms with Crippen molar-refractivity contribution < 1.29 is 4.39 Å². The molecule has 1 aliphatic rings. The molecule has 0 aromatic carbocycles. The van der Waals surface area contributed by atoms with Gasteiger partial charge in [-0.3, -0.25) is 4.79 Å². The van der Waals surface area contributed by atoms with E-state index in [9.17, 15) is 9.18 Å². The number of nitrogens with two attached hydrogens (primary N) is 1. The highest BCUT2D eigenvalue weighted by atomic mass is 19.1. The lowest BCUT2D eigenvalue weighted by atomic mass is 10.4. The van der Waals surface area contributed by atoms with Gasteiger partial charge in [-0.05, 0) is 12.1 Å². The zero-order valence-corrected chi connectivity index (χ0v) is 6.40. The number of nitrogen functional groups attached to an aromatic ring is 1. The lowest BCUT2D eigenvalue weighted by molar-refractivity contribution is 0.438. The van der Waals surface area contributed by atoms with E-state index in [0.717, 1.165) is 0 Å². The maximum absolute atomic E-state index is 12.6. The van der Waals surface area contributed by atoms with Gasteiger partial charge in [-0.2, -0.15) is 0 Å². The topological polar surface area (TPSA) is 48.0 Å². The Morgan fingerprint density at radius 3 is 2.92 bits per heavy atom. The summed E-state index contributed by atoms with van der Waals surface area (Å²) in [5, 5.41) is 0. The molecule has 12 heavy (non-hydrogen) atoms. The largest absolute Gasteiger partial charge is 0.394 e. The standard InChI is InChI=1S/C8H9FN2O/c9-5-4-7(5)11-3-1-2-6(10)8(11)12/h1-3,5,7H,4,10H2/t5-,7-/m1/s1. The van der Waals surface area contributed by atoms with E-state index in [1.807, 2.05) is 0 Å². The second kappa shape index (κ2) is 2.33. The van der Waals surface area contributed by atoms with Crippen LogP contribution in [-0.4, -0.2) is 10.7 Å². The molecule has 1 aliphatic carbocycles. The molecule has 1 fully saturated rings. The van der Waals surface area contributed by atoms with Crippen molar-refractivity contribution in [1.29, 1.82) is 0 Å². The summed E-state index contributed by atoms with van der Waals surface area (Å²) in [6.45, 7) is 0. The van der Waals surface area contributed by atoms with Gasteiger partial charge in [0.25, 0.3) is 5.56 Å². The summed E-state index contributed by atoms with van der Waals surface area (Å²) in [5.74, 6) is 0. The molecule has 2 atom stereocenters. The van der Waals surface area contributed by atoms with E-state index >= 15 is 0 Å².